The molecular formula is C16H18F2N4O2. The van der Waals surface area contributed by atoms with Crippen LogP contribution in [0.2, 0.25) is 0 Å². The molecule has 0 unspecified atom stereocenters. The van der Waals surface area contributed by atoms with Crippen molar-refractivity contribution in [1.29, 1.82) is 0 Å². The van der Waals surface area contributed by atoms with E-state index in [1.807, 2.05) is 10.8 Å². The van der Waals surface area contributed by atoms with E-state index in [9.17, 15) is 18.4 Å². The summed E-state index contributed by atoms with van der Waals surface area (Å²) < 4.78 is 28.1. The highest BCUT2D eigenvalue weighted by atomic mass is 19.1. The van der Waals surface area contributed by atoms with Gasteiger partial charge in [0.25, 0.3) is 5.91 Å². The van der Waals surface area contributed by atoms with Crippen LogP contribution in [0.3, 0.4) is 0 Å². The zero-order valence-electron chi connectivity index (χ0n) is 13.0. The Kier molecular flexibility index (Phi) is 6.41. The highest BCUT2D eigenvalue weighted by Gasteiger charge is 2.12. The zero-order valence-corrected chi connectivity index (χ0v) is 13.0. The minimum Gasteiger partial charge on any atom is -0.356 e. The van der Waals surface area contributed by atoms with Crippen LogP contribution in [0, 0.1) is 11.6 Å². The summed E-state index contributed by atoms with van der Waals surface area (Å²) in [5, 5.41) is 5.16. The average Bonchev–Trinajstić information content (AvgIpc) is 3.04. The van der Waals surface area contributed by atoms with E-state index in [1.54, 1.807) is 12.5 Å². The van der Waals surface area contributed by atoms with Gasteiger partial charge in [-0.1, -0.05) is 0 Å². The van der Waals surface area contributed by atoms with Crippen LogP contribution < -0.4 is 10.6 Å². The molecule has 0 spiro atoms. The summed E-state index contributed by atoms with van der Waals surface area (Å²) in [5.74, 6) is -2.57. The van der Waals surface area contributed by atoms with Crippen LogP contribution in [0.5, 0.6) is 0 Å². The molecule has 0 atom stereocenters. The minimum absolute atomic E-state index is 0.0724. The fourth-order valence-corrected chi connectivity index (χ4v) is 2.06. The highest BCUT2D eigenvalue weighted by Crippen LogP contribution is 2.09. The fraction of sp³-hybridized carbons (Fsp3) is 0.312. The SMILES string of the molecule is O=C(CCNC(=O)c1ccc(F)cc1F)NCCCn1ccnc1. The second kappa shape index (κ2) is 8.76. The molecule has 0 aliphatic heterocycles. The predicted octanol–water partition coefficient (Wildman–Crippen LogP) is 1.49. The lowest BCUT2D eigenvalue weighted by molar-refractivity contribution is -0.120. The third-order valence-electron chi connectivity index (χ3n) is 3.29. The first-order valence-electron chi connectivity index (χ1n) is 7.52. The van der Waals surface area contributed by atoms with Crippen molar-refractivity contribution in [2.45, 2.75) is 19.4 Å². The Morgan fingerprint density at radius 1 is 1.17 bits per heavy atom. The molecule has 2 aromatic rings. The number of halogens is 2. The first-order valence-corrected chi connectivity index (χ1v) is 7.52. The average molecular weight is 336 g/mol. The van der Waals surface area contributed by atoms with Crippen molar-refractivity contribution in [1.82, 2.24) is 20.2 Å². The third-order valence-corrected chi connectivity index (χ3v) is 3.29. The van der Waals surface area contributed by atoms with Crippen LogP contribution in [0.25, 0.3) is 0 Å². The number of carbonyl (C=O) groups excluding carboxylic acids is 2. The molecule has 0 aliphatic rings. The Bertz CT molecular complexity index is 689. The zero-order chi connectivity index (χ0) is 17.4. The molecule has 0 radical (unpaired) electrons. The Labute approximate surface area is 137 Å². The molecule has 1 aromatic carbocycles. The number of hydrogen-bond donors (Lipinski definition) is 2. The standard InChI is InChI=1S/C16H18F2N4O2/c17-12-2-3-13(14(18)10-12)16(24)21-6-4-15(23)20-5-1-8-22-9-7-19-11-22/h2-3,7,9-11H,1,4-6,8H2,(H,20,23)(H,21,24). The molecule has 128 valence electrons. The summed E-state index contributed by atoms with van der Waals surface area (Å²) in [7, 11) is 0. The van der Waals surface area contributed by atoms with Gasteiger partial charge >= 0.3 is 0 Å². The van der Waals surface area contributed by atoms with Gasteiger partial charge in [0.1, 0.15) is 11.6 Å². The van der Waals surface area contributed by atoms with Gasteiger partial charge in [0, 0.05) is 44.5 Å². The Balaban J connectivity index is 1.62. The van der Waals surface area contributed by atoms with E-state index in [0.717, 1.165) is 25.1 Å². The van der Waals surface area contributed by atoms with Gasteiger partial charge < -0.3 is 15.2 Å². The molecule has 6 nitrogen and oxygen atoms in total. The maximum Gasteiger partial charge on any atom is 0.254 e. The number of benzene rings is 1. The van der Waals surface area contributed by atoms with Crippen molar-refractivity contribution in [2.24, 2.45) is 0 Å². The summed E-state index contributed by atoms with van der Waals surface area (Å²) in [6.45, 7) is 1.33. The summed E-state index contributed by atoms with van der Waals surface area (Å²) in [4.78, 5) is 27.3. The van der Waals surface area contributed by atoms with Crippen LogP contribution in [0.15, 0.2) is 36.9 Å². The van der Waals surface area contributed by atoms with E-state index < -0.39 is 17.5 Å². The molecule has 1 aromatic heterocycles. The fourth-order valence-electron chi connectivity index (χ4n) is 2.06. The van der Waals surface area contributed by atoms with E-state index in [2.05, 4.69) is 15.6 Å². The van der Waals surface area contributed by atoms with Gasteiger partial charge in [-0.15, -0.1) is 0 Å². The Hall–Kier alpha value is -2.77. The van der Waals surface area contributed by atoms with Crippen molar-refractivity contribution in [3.8, 4) is 0 Å². The lowest BCUT2D eigenvalue weighted by Crippen LogP contribution is -2.31. The normalized spacial score (nSPS) is 10.4. The number of carbonyl (C=O) groups is 2. The van der Waals surface area contributed by atoms with Gasteiger partial charge in [-0.2, -0.15) is 0 Å². The molecule has 0 aliphatic carbocycles. The van der Waals surface area contributed by atoms with E-state index in [-0.39, 0.29) is 24.4 Å². The Morgan fingerprint density at radius 2 is 2.00 bits per heavy atom. The molecule has 8 heteroatoms. The highest BCUT2D eigenvalue weighted by molar-refractivity contribution is 5.94. The van der Waals surface area contributed by atoms with Crippen molar-refractivity contribution in [3.05, 3.63) is 54.1 Å². The molecular weight excluding hydrogens is 318 g/mol. The summed E-state index contributed by atoms with van der Waals surface area (Å²) >= 11 is 0. The van der Waals surface area contributed by atoms with Gasteiger partial charge in [0.2, 0.25) is 5.91 Å². The lowest BCUT2D eigenvalue weighted by atomic mass is 10.2. The third kappa shape index (κ3) is 5.45. The van der Waals surface area contributed by atoms with Crippen molar-refractivity contribution in [3.63, 3.8) is 0 Å². The van der Waals surface area contributed by atoms with Crippen LogP contribution in [0.4, 0.5) is 8.78 Å². The number of aryl methyl sites for hydroxylation is 1. The summed E-state index contributed by atoms with van der Waals surface area (Å²) in [6.07, 6.45) is 6.07. The maximum absolute atomic E-state index is 13.4. The van der Waals surface area contributed by atoms with Gasteiger partial charge in [-0.25, -0.2) is 13.8 Å². The van der Waals surface area contributed by atoms with E-state index in [0.29, 0.717) is 12.6 Å². The van der Waals surface area contributed by atoms with Gasteiger partial charge in [0.05, 0.1) is 11.9 Å². The summed E-state index contributed by atoms with van der Waals surface area (Å²) in [5.41, 5.74) is -0.253. The molecule has 0 saturated heterocycles. The first-order chi connectivity index (χ1) is 11.6. The van der Waals surface area contributed by atoms with Crippen LogP contribution in [-0.2, 0) is 11.3 Å². The molecule has 2 amide bonds. The summed E-state index contributed by atoms with van der Waals surface area (Å²) in [6, 6.07) is 2.71. The quantitative estimate of drug-likeness (QED) is 0.717. The van der Waals surface area contributed by atoms with E-state index >= 15 is 0 Å². The van der Waals surface area contributed by atoms with Gasteiger partial charge in [0.15, 0.2) is 0 Å². The monoisotopic (exact) mass is 336 g/mol. The largest absolute Gasteiger partial charge is 0.356 e. The maximum atomic E-state index is 13.4. The molecule has 1 heterocycles. The van der Waals surface area contributed by atoms with Crippen LogP contribution in [0.1, 0.15) is 23.2 Å². The van der Waals surface area contributed by atoms with Crippen molar-refractivity contribution < 1.29 is 18.4 Å². The number of amides is 2. The van der Waals surface area contributed by atoms with Gasteiger partial charge in [-0.05, 0) is 18.6 Å². The molecule has 0 fully saturated rings. The van der Waals surface area contributed by atoms with Crippen molar-refractivity contribution in [2.75, 3.05) is 13.1 Å². The topological polar surface area (TPSA) is 76.0 Å². The van der Waals surface area contributed by atoms with Crippen molar-refractivity contribution >= 4 is 11.8 Å². The Morgan fingerprint density at radius 3 is 2.71 bits per heavy atom. The van der Waals surface area contributed by atoms with E-state index in [4.69, 9.17) is 0 Å². The lowest BCUT2D eigenvalue weighted by Gasteiger charge is -2.08. The molecule has 24 heavy (non-hydrogen) atoms. The van der Waals surface area contributed by atoms with Gasteiger partial charge in [-0.3, -0.25) is 9.59 Å². The number of nitrogens with zero attached hydrogens (tertiary/aromatic N) is 2. The second-order valence-electron chi connectivity index (χ2n) is 5.13. The van der Waals surface area contributed by atoms with Crippen LogP contribution in [-0.4, -0.2) is 34.5 Å². The number of hydrogen-bond acceptors (Lipinski definition) is 3. The molecule has 2 N–H and O–H groups in total. The number of rotatable bonds is 8. The molecule has 0 bridgehead atoms. The number of aromatic nitrogens is 2. The molecule has 0 saturated carbocycles. The second-order valence-corrected chi connectivity index (χ2v) is 5.13. The minimum atomic E-state index is -0.934. The van der Waals surface area contributed by atoms with Crippen LogP contribution >= 0.6 is 0 Å². The first kappa shape index (κ1) is 17.6. The predicted molar refractivity (Wildman–Crippen MR) is 83.2 cm³/mol. The number of nitrogens with one attached hydrogen (secondary N) is 2. The smallest absolute Gasteiger partial charge is 0.254 e. The molecule has 2 rings (SSSR count). The number of imidazole rings is 1. The van der Waals surface area contributed by atoms with E-state index in [1.165, 1.54) is 0 Å².